The highest BCUT2D eigenvalue weighted by atomic mass is 16.7. The number of ether oxygens (including phenoxy) is 4. The molecule has 9 heteroatoms. The summed E-state index contributed by atoms with van der Waals surface area (Å²) < 4.78 is 22.8. The molecule has 4 N–H and O–H groups in total. The van der Waals surface area contributed by atoms with Gasteiger partial charge in [-0.2, -0.15) is 0 Å². The van der Waals surface area contributed by atoms with Crippen molar-refractivity contribution < 1.29 is 44.2 Å². The molecule has 0 aromatic carbocycles. The van der Waals surface area contributed by atoms with Crippen molar-refractivity contribution in [3.8, 4) is 0 Å². The number of rotatable bonds is 40. The molecule has 0 spiro atoms. The van der Waals surface area contributed by atoms with Gasteiger partial charge in [0.1, 0.15) is 30.5 Å². The maximum Gasteiger partial charge on any atom is 0.306 e. The lowest BCUT2D eigenvalue weighted by Gasteiger charge is -2.39. The first-order valence-corrected chi connectivity index (χ1v) is 23.6. The third-order valence-corrected chi connectivity index (χ3v) is 10.8. The second-order valence-electron chi connectivity index (χ2n) is 16.2. The minimum Gasteiger partial charge on any atom is -0.457 e. The molecule has 0 bridgehead atoms. The normalized spacial score (nSPS) is 20.7. The van der Waals surface area contributed by atoms with E-state index in [0.29, 0.717) is 13.0 Å². The molecule has 1 fully saturated rings. The molecule has 0 aromatic rings. The Kier molecular flexibility index (Phi) is 37.4. The van der Waals surface area contributed by atoms with Crippen molar-refractivity contribution in [3.05, 3.63) is 36.5 Å². The molecule has 1 aliphatic heterocycles. The van der Waals surface area contributed by atoms with Gasteiger partial charge in [0.25, 0.3) is 0 Å². The van der Waals surface area contributed by atoms with Crippen LogP contribution >= 0.6 is 0 Å². The number of aliphatic hydroxyl groups is 4. The largest absolute Gasteiger partial charge is 0.457 e. The highest BCUT2D eigenvalue weighted by Crippen LogP contribution is 2.23. The molecule has 0 aliphatic carbocycles. The Bertz CT molecular complexity index is 968. The zero-order chi connectivity index (χ0) is 41.4. The molecule has 6 unspecified atom stereocenters. The lowest BCUT2D eigenvalue weighted by Crippen LogP contribution is -2.59. The van der Waals surface area contributed by atoms with Crippen molar-refractivity contribution in [3.63, 3.8) is 0 Å². The lowest BCUT2D eigenvalue weighted by atomic mass is 9.99. The molecule has 1 rings (SSSR count). The van der Waals surface area contributed by atoms with Crippen molar-refractivity contribution in [1.29, 1.82) is 0 Å². The predicted octanol–water partition coefficient (Wildman–Crippen LogP) is 10.8. The Morgan fingerprint density at radius 3 is 1.61 bits per heavy atom. The Morgan fingerprint density at radius 2 is 1.07 bits per heavy atom. The van der Waals surface area contributed by atoms with E-state index < -0.39 is 43.4 Å². The highest BCUT2D eigenvalue weighted by molar-refractivity contribution is 5.69. The molecular formula is C48H88O9. The van der Waals surface area contributed by atoms with E-state index in [-0.39, 0.29) is 19.2 Å². The number of allylic oxidation sites excluding steroid dienone is 6. The van der Waals surface area contributed by atoms with Crippen molar-refractivity contribution in [2.24, 2.45) is 0 Å². The maximum atomic E-state index is 12.8. The molecule has 57 heavy (non-hydrogen) atoms. The van der Waals surface area contributed by atoms with Crippen LogP contribution in [-0.4, -0.2) is 89.6 Å². The second kappa shape index (κ2) is 39.8. The van der Waals surface area contributed by atoms with Crippen LogP contribution in [0.25, 0.3) is 0 Å². The lowest BCUT2D eigenvalue weighted by molar-refractivity contribution is -0.305. The van der Waals surface area contributed by atoms with Gasteiger partial charge >= 0.3 is 5.97 Å². The van der Waals surface area contributed by atoms with Crippen LogP contribution in [0.3, 0.4) is 0 Å². The molecule has 334 valence electrons. The van der Waals surface area contributed by atoms with Gasteiger partial charge in [0.15, 0.2) is 6.29 Å². The Morgan fingerprint density at radius 1 is 0.579 bits per heavy atom. The Hall–Kier alpha value is -1.59. The number of hydrogen-bond acceptors (Lipinski definition) is 9. The standard InChI is InChI=1S/C48H88O9/c1-3-5-7-9-11-13-15-17-19-20-21-22-24-26-28-30-32-34-36-38-54-40-42(41-55-48-47(53)46(52)45(51)43(39-49)57-48)56-44(50)37-35-33-31-29-27-25-23-18-16-14-12-10-8-6-4-2/h6,8,12,14,18,23,42-43,45-49,51-53H,3-5,7,9-11,13,15-17,19-22,24-41H2,1-2H3/b8-6-,14-12-,23-18-. The van der Waals surface area contributed by atoms with Gasteiger partial charge in [0.05, 0.1) is 19.8 Å². The van der Waals surface area contributed by atoms with Crippen molar-refractivity contribution in [1.82, 2.24) is 0 Å². The third-order valence-electron chi connectivity index (χ3n) is 10.8. The molecule has 0 saturated carbocycles. The smallest absolute Gasteiger partial charge is 0.306 e. The van der Waals surface area contributed by atoms with E-state index in [1.54, 1.807) is 0 Å². The summed E-state index contributed by atoms with van der Waals surface area (Å²) in [6.07, 6.45) is 40.3. The first-order chi connectivity index (χ1) is 27.9. The molecule has 1 saturated heterocycles. The summed E-state index contributed by atoms with van der Waals surface area (Å²) in [5, 5.41) is 40.1. The Labute approximate surface area is 349 Å². The fourth-order valence-corrected chi connectivity index (χ4v) is 7.15. The topological polar surface area (TPSA) is 135 Å². The van der Waals surface area contributed by atoms with E-state index in [4.69, 9.17) is 18.9 Å². The Balaban J connectivity index is 2.23. The molecule has 0 radical (unpaired) electrons. The molecule has 0 amide bonds. The van der Waals surface area contributed by atoms with Gasteiger partial charge in [-0.05, 0) is 44.9 Å². The molecular weight excluding hydrogens is 721 g/mol. The van der Waals surface area contributed by atoms with Crippen LogP contribution in [0, 0.1) is 0 Å². The van der Waals surface area contributed by atoms with Gasteiger partial charge < -0.3 is 39.4 Å². The van der Waals surface area contributed by atoms with Crippen molar-refractivity contribution >= 4 is 5.97 Å². The second-order valence-corrected chi connectivity index (χ2v) is 16.2. The number of hydrogen-bond donors (Lipinski definition) is 4. The zero-order valence-corrected chi connectivity index (χ0v) is 36.6. The summed E-state index contributed by atoms with van der Waals surface area (Å²) in [5.41, 5.74) is 0. The van der Waals surface area contributed by atoms with E-state index in [2.05, 4.69) is 50.3 Å². The summed E-state index contributed by atoms with van der Waals surface area (Å²) >= 11 is 0. The van der Waals surface area contributed by atoms with Crippen LogP contribution < -0.4 is 0 Å². The molecule has 1 heterocycles. The average Bonchev–Trinajstić information content (AvgIpc) is 3.21. The monoisotopic (exact) mass is 809 g/mol. The van der Waals surface area contributed by atoms with E-state index in [9.17, 15) is 25.2 Å². The fourth-order valence-electron chi connectivity index (χ4n) is 7.15. The zero-order valence-electron chi connectivity index (χ0n) is 36.6. The van der Waals surface area contributed by atoms with Gasteiger partial charge in [0, 0.05) is 13.0 Å². The van der Waals surface area contributed by atoms with E-state index in [1.807, 2.05) is 0 Å². The van der Waals surface area contributed by atoms with Crippen LogP contribution in [0.5, 0.6) is 0 Å². The molecule has 6 atom stereocenters. The fraction of sp³-hybridized carbons (Fsp3) is 0.854. The van der Waals surface area contributed by atoms with Crippen molar-refractivity contribution in [2.75, 3.05) is 26.4 Å². The van der Waals surface area contributed by atoms with Gasteiger partial charge in [-0.1, -0.05) is 185 Å². The van der Waals surface area contributed by atoms with E-state index in [1.165, 1.54) is 109 Å². The number of aliphatic hydroxyl groups excluding tert-OH is 4. The summed E-state index contributed by atoms with van der Waals surface area (Å²) in [4.78, 5) is 12.8. The summed E-state index contributed by atoms with van der Waals surface area (Å²) in [6, 6.07) is 0. The van der Waals surface area contributed by atoms with Gasteiger partial charge in [-0.15, -0.1) is 0 Å². The number of carbonyl (C=O) groups excluding carboxylic acids is 1. The van der Waals surface area contributed by atoms with Crippen LogP contribution in [0.1, 0.15) is 200 Å². The summed E-state index contributed by atoms with van der Waals surface area (Å²) in [7, 11) is 0. The van der Waals surface area contributed by atoms with Gasteiger partial charge in [0.2, 0.25) is 0 Å². The van der Waals surface area contributed by atoms with Crippen LogP contribution in [0.15, 0.2) is 36.5 Å². The first-order valence-electron chi connectivity index (χ1n) is 23.6. The number of esters is 1. The number of carbonyl (C=O) groups is 1. The minimum absolute atomic E-state index is 0.118. The minimum atomic E-state index is -1.54. The maximum absolute atomic E-state index is 12.8. The van der Waals surface area contributed by atoms with E-state index >= 15 is 0 Å². The quantitative estimate of drug-likeness (QED) is 0.0271. The summed E-state index contributed by atoms with van der Waals surface area (Å²) in [6.45, 7) is 4.45. The third kappa shape index (κ3) is 31.0. The molecule has 1 aliphatic rings. The van der Waals surface area contributed by atoms with Crippen molar-refractivity contribution in [2.45, 2.75) is 237 Å². The average molecular weight is 809 g/mol. The highest BCUT2D eigenvalue weighted by Gasteiger charge is 2.44. The van der Waals surface area contributed by atoms with Gasteiger partial charge in [-0.25, -0.2) is 0 Å². The molecule has 9 nitrogen and oxygen atoms in total. The van der Waals surface area contributed by atoms with Crippen LogP contribution in [0.2, 0.25) is 0 Å². The van der Waals surface area contributed by atoms with Gasteiger partial charge in [-0.3, -0.25) is 4.79 Å². The first kappa shape index (κ1) is 53.4. The van der Waals surface area contributed by atoms with Crippen LogP contribution in [0.4, 0.5) is 0 Å². The van der Waals surface area contributed by atoms with E-state index in [0.717, 1.165) is 70.6 Å². The predicted molar refractivity (Wildman–Crippen MR) is 233 cm³/mol. The van der Waals surface area contributed by atoms with Crippen LogP contribution in [-0.2, 0) is 23.7 Å². The molecule has 0 aromatic heterocycles. The SMILES string of the molecule is CC/C=C\C/C=C\C/C=C\CCCCCCCC(=O)OC(COCCCCCCCCCCCCCCCCCCCCC)COC1OC(CO)C(O)C(O)C1O. The summed E-state index contributed by atoms with van der Waals surface area (Å²) in [5.74, 6) is -0.328. The number of unbranched alkanes of at least 4 members (excludes halogenated alkanes) is 23.